The quantitative estimate of drug-likeness (QED) is 0.743. The Morgan fingerprint density at radius 2 is 1.62 bits per heavy atom. The minimum absolute atomic E-state index is 0.267. The van der Waals surface area contributed by atoms with Crippen LogP contribution < -0.4 is 0 Å². The van der Waals surface area contributed by atoms with Crippen molar-refractivity contribution in [2.45, 2.75) is 6.18 Å². The fourth-order valence-electron chi connectivity index (χ4n) is 1.28. The molecular weight excluding hydrogens is 217 g/mol. The zero-order chi connectivity index (χ0) is 11.6. The summed E-state index contributed by atoms with van der Waals surface area (Å²) in [6.07, 6.45) is -3.52. The normalized spacial score (nSPS) is 11.4. The highest BCUT2D eigenvalue weighted by molar-refractivity contribution is 5.58. The van der Waals surface area contributed by atoms with Crippen molar-refractivity contribution >= 4 is 0 Å². The number of halogens is 3. The first kappa shape index (κ1) is 10.6. The molecule has 0 fully saturated rings. The maximum atomic E-state index is 12.4. The van der Waals surface area contributed by atoms with Crippen molar-refractivity contribution in [1.29, 1.82) is 0 Å². The minimum Gasteiger partial charge on any atom is -0.236 e. The third kappa shape index (κ3) is 2.18. The molecule has 0 aliphatic carbocycles. The minimum atomic E-state index is -4.44. The van der Waals surface area contributed by atoms with E-state index in [0.717, 1.165) is 12.4 Å². The van der Waals surface area contributed by atoms with Gasteiger partial charge in [0.2, 0.25) is 0 Å². The average Bonchev–Trinajstić information content (AvgIpc) is 2.29. The van der Waals surface area contributed by atoms with Crippen molar-refractivity contribution in [2.75, 3.05) is 0 Å². The first-order chi connectivity index (χ1) is 7.57. The van der Waals surface area contributed by atoms with E-state index in [9.17, 15) is 13.2 Å². The Labute approximate surface area is 89.8 Å². The van der Waals surface area contributed by atoms with Crippen molar-refractivity contribution < 1.29 is 13.2 Å². The third-order valence-corrected chi connectivity index (χ3v) is 2.03. The number of nitrogens with zero attached hydrogens (tertiary/aromatic N) is 2. The SMILES string of the molecule is FC(F)(F)c1cc(-c2ccccc2)ncn1. The van der Waals surface area contributed by atoms with Crippen molar-refractivity contribution in [2.24, 2.45) is 0 Å². The van der Waals surface area contributed by atoms with E-state index in [4.69, 9.17) is 0 Å². The number of aromatic nitrogens is 2. The van der Waals surface area contributed by atoms with Crippen LogP contribution in [0.3, 0.4) is 0 Å². The van der Waals surface area contributed by atoms with Crippen LogP contribution in [0.2, 0.25) is 0 Å². The van der Waals surface area contributed by atoms with E-state index in [1.54, 1.807) is 30.3 Å². The van der Waals surface area contributed by atoms with Crippen molar-refractivity contribution in [3.63, 3.8) is 0 Å². The highest BCUT2D eigenvalue weighted by atomic mass is 19.4. The second-order valence-electron chi connectivity index (χ2n) is 3.15. The number of hydrogen-bond acceptors (Lipinski definition) is 2. The van der Waals surface area contributed by atoms with Crippen LogP contribution in [0.15, 0.2) is 42.7 Å². The molecule has 0 atom stereocenters. The summed E-state index contributed by atoms with van der Waals surface area (Å²) in [7, 11) is 0. The topological polar surface area (TPSA) is 25.8 Å². The summed E-state index contributed by atoms with van der Waals surface area (Å²) in [5, 5.41) is 0. The molecule has 0 saturated heterocycles. The van der Waals surface area contributed by atoms with Gasteiger partial charge in [0.1, 0.15) is 12.0 Å². The number of rotatable bonds is 1. The molecular formula is C11H7F3N2. The summed E-state index contributed by atoms with van der Waals surface area (Å²) < 4.78 is 37.2. The van der Waals surface area contributed by atoms with E-state index in [0.29, 0.717) is 5.56 Å². The van der Waals surface area contributed by atoms with E-state index in [2.05, 4.69) is 9.97 Å². The van der Waals surface area contributed by atoms with Gasteiger partial charge >= 0.3 is 6.18 Å². The fourth-order valence-corrected chi connectivity index (χ4v) is 1.28. The second kappa shape index (κ2) is 3.92. The molecule has 1 aromatic carbocycles. The highest BCUT2D eigenvalue weighted by Gasteiger charge is 2.32. The van der Waals surface area contributed by atoms with E-state index < -0.39 is 11.9 Å². The van der Waals surface area contributed by atoms with Crippen molar-refractivity contribution in [3.8, 4) is 11.3 Å². The Balaban J connectivity index is 2.45. The summed E-state index contributed by atoms with van der Waals surface area (Å²) in [4.78, 5) is 7.01. The molecule has 2 nitrogen and oxygen atoms in total. The first-order valence-corrected chi connectivity index (χ1v) is 4.52. The largest absolute Gasteiger partial charge is 0.433 e. The van der Waals surface area contributed by atoms with Crippen molar-refractivity contribution in [3.05, 3.63) is 48.4 Å². The standard InChI is InChI=1S/C11H7F3N2/c12-11(13,14)10-6-9(15-7-16-10)8-4-2-1-3-5-8/h1-7H. The van der Waals surface area contributed by atoms with Gasteiger partial charge in [0.15, 0.2) is 0 Å². The van der Waals surface area contributed by atoms with E-state index >= 15 is 0 Å². The van der Waals surface area contributed by atoms with Gasteiger partial charge in [0.25, 0.3) is 0 Å². The van der Waals surface area contributed by atoms with Gasteiger partial charge in [-0.25, -0.2) is 9.97 Å². The van der Waals surface area contributed by atoms with Crippen LogP contribution in [-0.2, 0) is 6.18 Å². The van der Waals surface area contributed by atoms with Crippen LogP contribution in [0.25, 0.3) is 11.3 Å². The number of hydrogen-bond donors (Lipinski definition) is 0. The van der Waals surface area contributed by atoms with Crippen LogP contribution in [-0.4, -0.2) is 9.97 Å². The van der Waals surface area contributed by atoms with Gasteiger partial charge in [-0.05, 0) is 6.07 Å². The summed E-state index contributed by atoms with van der Waals surface area (Å²) >= 11 is 0. The third-order valence-electron chi connectivity index (χ3n) is 2.03. The van der Waals surface area contributed by atoms with Crippen LogP contribution in [0.4, 0.5) is 13.2 Å². The van der Waals surface area contributed by atoms with Gasteiger partial charge in [-0.2, -0.15) is 13.2 Å². The van der Waals surface area contributed by atoms with Gasteiger partial charge < -0.3 is 0 Å². The first-order valence-electron chi connectivity index (χ1n) is 4.52. The molecule has 82 valence electrons. The molecule has 0 radical (unpaired) electrons. The zero-order valence-electron chi connectivity index (χ0n) is 8.07. The maximum absolute atomic E-state index is 12.4. The zero-order valence-corrected chi connectivity index (χ0v) is 8.07. The lowest BCUT2D eigenvalue weighted by Gasteiger charge is -2.06. The Bertz CT molecular complexity index is 480. The summed E-state index contributed by atoms with van der Waals surface area (Å²) in [6.45, 7) is 0. The monoisotopic (exact) mass is 224 g/mol. The van der Waals surface area contributed by atoms with Gasteiger partial charge in [0, 0.05) is 5.56 Å². The Morgan fingerprint density at radius 3 is 2.25 bits per heavy atom. The van der Waals surface area contributed by atoms with Gasteiger partial charge in [0.05, 0.1) is 5.69 Å². The lowest BCUT2D eigenvalue weighted by Crippen LogP contribution is -2.08. The van der Waals surface area contributed by atoms with E-state index in [1.807, 2.05) is 0 Å². The van der Waals surface area contributed by atoms with Crippen LogP contribution in [0, 0.1) is 0 Å². The Kier molecular flexibility index (Phi) is 2.60. The summed E-state index contributed by atoms with van der Waals surface area (Å²) in [6, 6.07) is 9.60. The van der Waals surface area contributed by atoms with Gasteiger partial charge in [-0.1, -0.05) is 30.3 Å². The van der Waals surface area contributed by atoms with Crippen LogP contribution in [0.1, 0.15) is 5.69 Å². The number of benzene rings is 1. The lowest BCUT2D eigenvalue weighted by atomic mass is 10.1. The molecule has 1 heterocycles. The Hall–Kier alpha value is -1.91. The maximum Gasteiger partial charge on any atom is 0.433 e. The predicted octanol–water partition coefficient (Wildman–Crippen LogP) is 3.16. The molecule has 0 aliphatic heterocycles. The van der Waals surface area contributed by atoms with Gasteiger partial charge in [-0.15, -0.1) is 0 Å². The molecule has 2 aromatic rings. The molecule has 0 spiro atoms. The van der Waals surface area contributed by atoms with Gasteiger partial charge in [-0.3, -0.25) is 0 Å². The predicted molar refractivity (Wildman–Crippen MR) is 52.5 cm³/mol. The molecule has 16 heavy (non-hydrogen) atoms. The van der Waals surface area contributed by atoms with E-state index in [1.165, 1.54) is 0 Å². The molecule has 2 rings (SSSR count). The average molecular weight is 224 g/mol. The Morgan fingerprint density at radius 1 is 0.938 bits per heavy atom. The molecule has 0 amide bonds. The molecule has 5 heteroatoms. The molecule has 0 N–H and O–H groups in total. The van der Waals surface area contributed by atoms with E-state index in [-0.39, 0.29) is 5.69 Å². The molecule has 0 bridgehead atoms. The van der Waals surface area contributed by atoms with Crippen LogP contribution >= 0.6 is 0 Å². The second-order valence-corrected chi connectivity index (χ2v) is 3.15. The number of alkyl halides is 3. The fraction of sp³-hybridized carbons (Fsp3) is 0.0909. The lowest BCUT2D eigenvalue weighted by molar-refractivity contribution is -0.141. The van der Waals surface area contributed by atoms with Crippen LogP contribution in [0.5, 0.6) is 0 Å². The highest BCUT2D eigenvalue weighted by Crippen LogP contribution is 2.29. The molecule has 1 aromatic heterocycles. The smallest absolute Gasteiger partial charge is 0.236 e. The summed E-state index contributed by atoms with van der Waals surface area (Å²) in [5.74, 6) is 0. The van der Waals surface area contributed by atoms with Crippen molar-refractivity contribution in [1.82, 2.24) is 9.97 Å². The summed E-state index contributed by atoms with van der Waals surface area (Å²) in [5.41, 5.74) is -0.0281. The molecule has 0 saturated carbocycles. The molecule has 0 unspecified atom stereocenters. The molecule has 0 aliphatic rings.